The maximum absolute atomic E-state index is 12.8. The molecule has 122 valence electrons. The monoisotopic (exact) mass is 415 g/mol. The fourth-order valence-electron chi connectivity index (χ4n) is 1.74. The van der Waals surface area contributed by atoms with Crippen LogP contribution in [0.25, 0.3) is 0 Å². The van der Waals surface area contributed by atoms with Crippen molar-refractivity contribution in [1.82, 2.24) is 4.31 Å². The highest BCUT2D eigenvalue weighted by Crippen LogP contribution is 2.36. The molecule has 1 aromatic heterocycles. The lowest BCUT2D eigenvalue weighted by Crippen LogP contribution is -2.33. The average molecular weight is 417 g/mol. The van der Waals surface area contributed by atoms with Crippen LogP contribution in [0.4, 0.5) is 0 Å². The van der Waals surface area contributed by atoms with Gasteiger partial charge in [0.25, 0.3) is 10.0 Å². The van der Waals surface area contributed by atoms with E-state index in [0.29, 0.717) is 37.9 Å². The highest BCUT2D eigenvalue weighted by Gasteiger charge is 2.27. The second-order valence-corrected chi connectivity index (χ2v) is 10.9. The van der Waals surface area contributed by atoms with Gasteiger partial charge in [0.1, 0.15) is 4.21 Å². The average Bonchev–Trinajstić information content (AvgIpc) is 2.69. The van der Waals surface area contributed by atoms with Crippen molar-refractivity contribution in [3.8, 4) is 0 Å². The number of nitrogens with zero attached hydrogens (tertiary/aromatic N) is 1. The third-order valence-corrected chi connectivity index (χ3v) is 7.95. The maximum Gasteiger partial charge on any atom is 0.252 e. The molecule has 21 heavy (non-hydrogen) atoms. The van der Waals surface area contributed by atoms with Crippen molar-refractivity contribution in [3.05, 3.63) is 14.9 Å². The maximum atomic E-state index is 12.8. The van der Waals surface area contributed by atoms with E-state index in [1.807, 2.05) is 0 Å². The second-order valence-electron chi connectivity index (χ2n) is 5.96. The van der Waals surface area contributed by atoms with E-state index in [1.165, 1.54) is 17.4 Å². The van der Waals surface area contributed by atoms with Crippen LogP contribution in [0, 0.1) is 11.8 Å². The SMILES string of the molecule is CC(C)CCN(CCC(C)C)S(=O)(=O)c1cc(Cl)c(Br)s1. The Morgan fingerprint density at radius 3 is 2.00 bits per heavy atom. The van der Waals surface area contributed by atoms with Gasteiger partial charge in [0, 0.05) is 13.1 Å². The molecule has 7 heteroatoms. The molecule has 0 fully saturated rings. The largest absolute Gasteiger partial charge is 0.252 e. The lowest BCUT2D eigenvalue weighted by molar-refractivity contribution is 0.358. The first-order valence-electron chi connectivity index (χ1n) is 7.09. The van der Waals surface area contributed by atoms with Gasteiger partial charge in [-0.1, -0.05) is 39.3 Å². The fourth-order valence-corrected chi connectivity index (χ4v) is 5.76. The summed E-state index contributed by atoms with van der Waals surface area (Å²) in [5, 5.41) is 0.450. The van der Waals surface area contributed by atoms with E-state index in [2.05, 4.69) is 43.6 Å². The molecule has 1 rings (SSSR count). The molecule has 1 heterocycles. The van der Waals surface area contributed by atoms with Crippen molar-refractivity contribution >= 4 is 48.9 Å². The molecule has 0 aliphatic heterocycles. The van der Waals surface area contributed by atoms with E-state index in [9.17, 15) is 8.42 Å². The summed E-state index contributed by atoms with van der Waals surface area (Å²) in [4.78, 5) is 0. The Kier molecular flexibility index (Phi) is 7.67. The van der Waals surface area contributed by atoms with Gasteiger partial charge in [-0.3, -0.25) is 0 Å². The third kappa shape index (κ3) is 5.82. The van der Waals surface area contributed by atoms with Gasteiger partial charge < -0.3 is 0 Å². The summed E-state index contributed by atoms with van der Waals surface area (Å²) < 4.78 is 28.1. The van der Waals surface area contributed by atoms with Crippen molar-refractivity contribution in [2.24, 2.45) is 11.8 Å². The number of halogens is 2. The standard InChI is InChI=1S/C14H23BrClNO2S2/c1-10(2)5-7-17(8-6-11(3)4)21(18,19)13-9-12(16)14(15)20-13/h9-11H,5-8H2,1-4H3. The summed E-state index contributed by atoms with van der Waals surface area (Å²) in [7, 11) is -3.46. The van der Waals surface area contributed by atoms with Gasteiger partial charge in [-0.25, -0.2) is 8.42 Å². The molecule has 0 aliphatic carbocycles. The van der Waals surface area contributed by atoms with E-state index in [-0.39, 0.29) is 0 Å². The Balaban J connectivity index is 2.98. The quantitative estimate of drug-likeness (QED) is 0.580. The van der Waals surface area contributed by atoms with E-state index in [0.717, 1.165) is 12.8 Å². The minimum atomic E-state index is -3.46. The zero-order chi connectivity index (χ0) is 16.2. The predicted molar refractivity (Wildman–Crippen MR) is 94.7 cm³/mol. The van der Waals surface area contributed by atoms with Crippen LogP contribution in [0.15, 0.2) is 14.1 Å². The molecule has 0 unspecified atom stereocenters. The molecule has 0 saturated heterocycles. The van der Waals surface area contributed by atoms with Gasteiger partial charge in [-0.15, -0.1) is 11.3 Å². The number of rotatable bonds is 8. The van der Waals surface area contributed by atoms with Crippen LogP contribution in [-0.4, -0.2) is 25.8 Å². The van der Waals surface area contributed by atoms with Gasteiger partial charge in [0.2, 0.25) is 0 Å². The molecule has 0 aromatic carbocycles. The lowest BCUT2D eigenvalue weighted by atomic mass is 10.1. The zero-order valence-corrected chi connectivity index (χ0v) is 16.9. The third-order valence-electron chi connectivity index (χ3n) is 3.13. The fraction of sp³-hybridized carbons (Fsp3) is 0.714. The molecule has 0 aliphatic rings. The normalized spacial score (nSPS) is 12.8. The summed E-state index contributed by atoms with van der Waals surface area (Å²) in [5.41, 5.74) is 0. The minimum Gasteiger partial charge on any atom is -0.206 e. The van der Waals surface area contributed by atoms with Crippen molar-refractivity contribution in [1.29, 1.82) is 0 Å². The minimum absolute atomic E-state index is 0.312. The molecule has 0 atom stereocenters. The van der Waals surface area contributed by atoms with Crippen LogP contribution in [0.1, 0.15) is 40.5 Å². The highest BCUT2D eigenvalue weighted by molar-refractivity contribution is 9.11. The van der Waals surface area contributed by atoms with Gasteiger partial charge >= 0.3 is 0 Å². The molecule has 0 bridgehead atoms. The van der Waals surface area contributed by atoms with E-state index < -0.39 is 10.0 Å². The van der Waals surface area contributed by atoms with Gasteiger partial charge in [0.05, 0.1) is 8.81 Å². The van der Waals surface area contributed by atoms with E-state index >= 15 is 0 Å². The molecule has 0 radical (unpaired) electrons. The molecular formula is C14H23BrClNO2S2. The van der Waals surface area contributed by atoms with Crippen molar-refractivity contribution in [2.75, 3.05) is 13.1 Å². The summed E-state index contributed by atoms with van der Waals surface area (Å²) >= 11 is 10.4. The summed E-state index contributed by atoms with van der Waals surface area (Å²) in [6.45, 7) is 9.52. The topological polar surface area (TPSA) is 37.4 Å². The molecule has 1 aromatic rings. The van der Waals surface area contributed by atoms with Crippen LogP contribution >= 0.6 is 38.9 Å². The van der Waals surface area contributed by atoms with Gasteiger partial charge in [-0.2, -0.15) is 4.31 Å². The summed E-state index contributed by atoms with van der Waals surface area (Å²) in [5.74, 6) is 0.945. The molecular weight excluding hydrogens is 394 g/mol. The first-order chi connectivity index (χ1) is 9.64. The van der Waals surface area contributed by atoms with Crippen molar-refractivity contribution in [3.63, 3.8) is 0 Å². The lowest BCUT2D eigenvalue weighted by Gasteiger charge is -2.23. The zero-order valence-electron chi connectivity index (χ0n) is 12.9. The summed E-state index contributed by atoms with van der Waals surface area (Å²) in [6, 6.07) is 1.53. The van der Waals surface area contributed by atoms with Crippen LogP contribution in [0.5, 0.6) is 0 Å². The van der Waals surface area contributed by atoms with Crippen LogP contribution in [0.3, 0.4) is 0 Å². The smallest absolute Gasteiger partial charge is 0.206 e. The van der Waals surface area contributed by atoms with E-state index in [1.54, 1.807) is 4.31 Å². The molecule has 0 amide bonds. The molecule has 0 saturated carbocycles. The predicted octanol–water partition coefficient (Wildman–Crippen LogP) is 5.25. The van der Waals surface area contributed by atoms with Crippen LogP contribution < -0.4 is 0 Å². The number of hydrogen-bond acceptors (Lipinski definition) is 3. The summed E-state index contributed by atoms with van der Waals surface area (Å²) in [6.07, 6.45) is 1.72. The molecule has 0 spiro atoms. The van der Waals surface area contributed by atoms with Crippen molar-refractivity contribution < 1.29 is 8.42 Å². The molecule has 0 N–H and O–H groups in total. The molecule has 3 nitrogen and oxygen atoms in total. The van der Waals surface area contributed by atoms with Gasteiger partial charge in [0.15, 0.2) is 0 Å². The Labute approximate surface area is 145 Å². The first kappa shape index (κ1) is 19.4. The van der Waals surface area contributed by atoms with E-state index in [4.69, 9.17) is 11.6 Å². The second kappa shape index (κ2) is 8.29. The number of hydrogen-bond donors (Lipinski definition) is 0. The Bertz CT molecular complexity index is 524. The van der Waals surface area contributed by atoms with Crippen LogP contribution in [-0.2, 0) is 10.0 Å². The number of sulfonamides is 1. The first-order valence-corrected chi connectivity index (χ1v) is 10.5. The Morgan fingerprint density at radius 2 is 1.67 bits per heavy atom. The van der Waals surface area contributed by atoms with Gasteiger partial charge in [-0.05, 0) is 46.7 Å². The number of thiophene rings is 1. The van der Waals surface area contributed by atoms with Crippen molar-refractivity contribution in [2.45, 2.75) is 44.7 Å². The van der Waals surface area contributed by atoms with Crippen LogP contribution in [0.2, 0.25) is 5.02 Å². The Hall–Kier alpha value is 0.380. The highest BCUT2D eigenvalue weighted by atomic mass is 79.9. The Morgan fingerprint density at radius 1 is 1.19 bits per heavy atom.